The van der Waals surface area contributed by atoms with Gasteiger partial charge >= 0.3 is 5.97 Å². The second-order valence-electron chi connectivity index (χ2n) is 11.4. The molecule has 0 aromatic heterocycles. The van der Waals surface area contributed by atoms with Gasteiger partial charge in [0.2, 0.25) is 0 Å². The predicted octanol–water partition coefficient (Wildman–Crippen LogP) is 6.28. The third-order valence-electron chi connectivity index (χ3n) is 8.61. The first kappa shape index (κ1) is 28.1. The zero-order valence-electron chi connectivity index (χ0n) is 24.2. The van der Waals surface area contributed by atoms with Crippen molar-refractivity contribution in [3.05, 3.63) is 82.6 Å². The summed E-state index contributed by atoms with van der Waals surface area (Å²) in [6.07, 6.45) is 6.52. The van der Waals surface area contributed by atoms with Crippen LogP contribution in [0.1, 0.15) is 68.7 Å². The highest BCUT2D eigenvalue weighted by atomic mass is 16.5. The summed E-state index contributed by atoms with van der Waals surface area (Å²) in [7, 11) is 1.42. The maximum Gasteiger partial charge on any atom is 0.341 e. The van der Waals surface area contributed by atoms with Crippen LogP contribution in [0, 0.1) is 19.8 Å². The fraction of sp³-hybridized carbons (Fsp3) is 0.515. The maximum absolute atomic E-state index is 12.1. The van der Waals surface area contributed by atoms with Gasteiger partial charge in [-0.15, -0.1) is 0 Å². The van der Waals surface area contributed by atoms with Crippen LogP contribution in [0.4, 0.5) is 0 Å². The zero-order chi connectivity index (χ0) is 27.3. The molecule has 5 nitrogen and oxygen atoms in total. The summed E-state index contributed by atoms with van der Waals surface area (Å²) in [5.74, 6) is 0.309. The molecule has 0 bridgehead atoms. The van der Waals surface area contributed by atoms with E-state index in [0.717, 1.165) is 57.6 Å². The smallest absolute Gasteiger partial charge is 0.341 e. The van der Waals surface area contributed by atoms with E-state index < -0.39 is 0 Å². The molecule has 204 valence electrons. The minimum Gasteiger partial charge on any atom is -0.465 e. The molecule has 1 saturated heterocycles. The van der Waals surface area contributed by atoms with Gasteiger partial charge in [0.05, 0.1) is 18.4 Å². The summed E-state index contributed by atoms with van der Waals surface area (Å²) >= 11 is 0. The number of carbonyl (C=O) groups excluding carboxylic acids is 1. The van der Waals surface area contributed by atoms with Gasteiger partial charge in [0.1, 0.15) is 6.17 Å². The monoisotopic (exact) mass is 515 g/mol. The van der Waals surface area contributed by atoms with Crippen LogP contribution in [0.25, 0.3) is 0 Å². The number of carbonyl (C=O) groups is 1. The molecule has 2 aliphatic heterocycles. The van der Waals surface area contributed by atoms with E-state index in [1.807, 2.05) is 13.1 Å². The number of nitrogens with zero attached hydrogens (tertiary/aromatic N) is 3. The Morgan fingerprint density at radius 1 is 1.08 bits per heavy atom. The lowest BCUT2D eigenvalue weighted by atomic mass is 9.66. The second-order valence-corrected chi connectivity index (χ2v) is 11.4. The van der Waals surface area contributed by atoms with Crippen molar-refractivity contribution in [2.24, 2.45) is 10.9 Å². The van der Waals surface area contributed by atoms with Crippen molar-refractivity contribution in [2.45, 2.75) is 71.9 Å². The highest BCUT2D eigenvalue weighted by Crippen LogP contribution is 2.43. The molecule has 0 N–H and O–H groups in total. The van der Waals surface area contributed by atoms with E-state index in [-0.39, 0.29) is 17.6 Å². The molecule has 38 heavy (non-hydrogen) atoms. The van der Waals surface area contributed by atoms with Crippen LogP contribution < -0.4 is 0 Å². The lowest BCUT2D eigenvalue weighted by Gasteiger charge is -2.44. The van der Waals surface area contributed by atoms with Crippen LogP contribution in [0.2, 0.25) is 0 Å². The number of hydrogen-bond donors (Lipinski definition) is 0. The summed E-state index contributed by atoms with van der Waals surface area (Å²) < 4.78 is 4.93. The Bertz CT molecular complexity index is 1160. The number of ether oxygens (including phenoxy) is 1. The average molecular weight is 516 g/mol. The summed E-state index contributed by atoms with van der Waals surface area (Å²) in [5, 5.41) is 0. The average Bonchev–Trinajstić information content (AvgIpc) is 2.91. The van der Waals surface area contributed by atoms with E-state index in [4.69, 9.17) is 4.74 Å². The molecule has 2 heterocycles. The molecule has 2 atom stereocenters. The molecule has 2 aliphatic rings. The van der Waals surface area contributed by atoms with Crippen molar-refractivity contribution in [3.8, 4) is 0 Å². The van der Waals surface area contributed by atoms with Gasteiger partial charge in [0.15, 0.2) is 0 Å². The number of methoxy groups -OCH3 is 1. The summed E-state index contributed by atoms with van der Waals surface area (Å²) in [6.45, 7) is 15.0. The minimum atomic E-state index is -0.311. The number of esters is 1. The van der Waals surface area contributed by atoms with Gasteiger partial charge in [-0.05, 0) is 89.1 Å². The quantitative estimate of drug-likeness (QED) is 0.369. The van der Waals surface area contributed by atoms with E-state index in [2.05, 4.69) is 91.0 Å². The molecule has 1 fully saturated rings. The Balaban J connectivity index is 1.34. The van der Waals surface area contributed by atoms with Crippen molar-refractivity contribution in [1.29, 1.82) is 0 Å². The van der Waals surface area contributed by atoms with Gasteiger partial charge in [0, 0.05) is 24.7 Å². The van der Waals surface area contributed by atoms with E-state index in [0.29, 0.717) is 11.5 Å². The zero-order valence-corrected chi connectivity index (χ0v) is 24.2. The molecular weight excluding hydrogens is 470 g/mol. The number of aliphatic imine (C=N–C) groups is 1. The van der Waals surface area contributed by atoms with Crippen LogP contribution in [-0.4, -0.2) is 60.9 Å². The van der Waals surface area contributed by atoms with E-state index in [9.17, 15) is 4.79 Å². The van der Waals surface area contributed by atoms with Gasteiger partial charge in [-0.2, -0.15) is 0 Å². The number of hydrogen-bond acceptors (Lipinski definition) is 5. The Kier molecular flexibility index (Phi) is 9.09. The molecule has 0 saturated carbocycles. The number of aryl methyl sites for hydroxylation is 2. The van der Waals surface area contributed by atoms with Gasteiger partial charge in [-0.1, -0.05) is 61.0 Å². The molecule has 5 heteroatoms. The number of benzene rings is 2. The SMILES string of the molecule is COC(=O)C1=CN(CCC[C@H](C)CN2CCC(c3ccc(C)cc3)(c3ccccc3C)CC2)C(C)N=C1C. The Morgan fingerprint density at radius 3 is 2.42 bits per heavy atom. The number of rotatable bonds is 9. The fourth-order valence-electron chi connectivity index (χ4n) is 6.32. The van der Waals surface area contributed by atoms with Gasteiger partial charge in [0.25, 0.3) is 0 Å². The molecular formula is C33H45N3O2. The van der Waals surface area contributed by atoms with Crippen LogP contribution in [0.5, 0.6) is 0 Å². The van der Waals surface area contributed by atoms with Crippen LogP contribution in [0.15, 0.2) is 65.3 Å². The first-order valence-corrected chi connectivity index (χ1v) is 14.2. The lowest BCUT2D eigenvalue weighted by molar-refractivity contribution is -0.135. The molecule has 4 rings (SSSR count). The molecule has 1 unspecified atom stereocenters. The first-order chi connectivity index (χ1) is 18.2. The van der Waals surface area contributed by atoms with E-state index in [1.54, 1.807) is 0 Å². The van der Waals surface area contributed by atoms with E-state index >= 15 is 0 Å². The van der Waals surface area contributed by atoms with E-state index in [1.165, 1.54) is 29.4 Å². The van der Waals surface area contributed by atoms with Crippen molar-refractivity contribution in [2.75, 3.05) is 33.3 Å². The van der Waals surface area contributed by atoms with Gasteiger partial charge in [-0.25, -0.2) is 4.79 Å². The molecule has 0 spiro atoms. The van der Waals surface area contributed by atoms with Crippen molar-refractivity contribution in [1.82, 2.24) is 9.80 Å². The highest BCUT2D eigenvalue weighted by molar-refractivity contribution is 6.19. The normalized spacial score (nSPS) is 20.5. The number of likely N-dealkylation sites (tertiary alicyclic amines) is 1. The molecule has 0 radical (unpaired) electrons. The Labute approximate surface area is 229 Å². The predicted molar refractivity (Wildman–Crippen MR) is 157 cm³/mol. The third kappa shape index (κ3) is 6.20. The summed E-state index contributed by atoms with van der Waals surface area (Å²) in [4.78, 5) is 21.6. The van der Waals surface area contributed by atoms with Crippen molar-refractivity contribution < 1.29 is 9.53 Å². The Hall–Kier alpha value is -2.92. The lowest BCUT2D eigenvalue weighted by Crippen LogP contribution is -2.45. The van der Waals surface area contributed by atoms with Crippen molar-refractivity contribution >= 4 is 11.7 Å². The standard InChI is InChI=1S/C33H45N3O2/c1-24-13-15-29(16-14-24)33(31-12-8-7-11-26(31)3)17-20-35(21-18-33)22-25(2)10-9-19-36-23-30(32(37)38-6)27(4)34-28(36)5/h7-8,11-16,23,25,28H,9-10,17-22H2,1-6H3/t25-,28?/m0/s1. The largest absolute Gasteiger partial charge is 0.465 e. The fourth-order valence-corrected chi connectivity index (χ4v) is 6.32. The molecule has 0 aliphatic carbocycles. The van der Waals surface area contributed by atoms with Crippen molar-refractivity contribution in [3.63, 3.8) is 0 Å². The molecule has 0 amide bonds. The Morgan fingerprint density at radius 2 is 1.76 bits per heavy atom. The third-order valence-corrected chi connectivity index (χ3v) is 8.61. The molecule has 2 aromatic rings. The summed E-state index contributed by atoms with van der Waals surface area (Å²) in [5.41, 5.74) is 7.07. The second kappa shape index (κ2) is 12.3. The highest BCUT2D eigenvalue weighted by Gasteiger charge is 2.38. The van der Waals surface area contributed by atoms with Gasteiger partial charge < -0.3 is 14.5 Å². The maximum atomic E-state index is 12.1. The molecule has 2 aromatic carbocycles. The topological polar surface area (TPSA) is 45.1 Å². The van der Waals surface area contributed by atoms with Crippen LogP contribution in [-0.2, 0) is 14.9 Å². The van der Waals surface area contributed by atoms with Crippen LogP contribution >= 0.6 is 0 Å². The number of piperidine rings is 1. The van der Waals surface area contributed by atoms with Crippen LogP contribution in [0.3, 0.4) is 0 Å². The first-order valence-electron chi connectivity index (χ1n) is 14.2. The summed E-state index contributed by atoms with van der Waals surface area (Å²) in [6, 6.07) is 18.2. The minimum absolute atomic E-state index is 0.0529. The van der Waals surface area contributed by atoms with Gasteiger partial charge in [-0.3, -0.25) is 4.99 Å².